The molecule has 2 aromatic rings. The van der Waals surface area contributed by atoms with E-state index in [1.807, 2.05) is 0 Å². The van der Waals surface area contributed by atoms with E-state index in [-0.39, 0.29) is 11.8 Å². The summed E-state index contributed by atoms with van der Waals surface area (Å²) in [6.45, 7) is 5.03. The van der Waals surface area contributed by atoms with Crippen LogP contribution in [0.4, 0.5) is 5.69 Å². The van der Waals surface area contributed by atoms with Crippen molar-refractivity contribution < 1.29 is 19.1 Å². The van der Waals surface area contributed by atoms with E-state index < -0.39 is 24.0 Å². The minimum absolute atomic E-state index is 0.208. The summed E-state index contributed by atoms with van der Waals surface area (Å²) in [6.07, 6.45) is -1.05. The van der Waals surface area contributed by atoms with Gasteiger partial charge in [0.05, 0.1) is 15.6 Å². The Kier molecular flexibility index (Phi) is 7.38. The molecule has 0 saturated carbocycles. The minimum Gasteiger partial charge on any atom is -0.451 e. The summed E-state index contributed by atoms with van der Waals surface area (Å²) in [5.74, 6) is -1.74. The molecule has 8 heteroatoms. The quantitative estimate of drug-likeness (QED) is 0.683. The molecule has 0 saturated heterocycles. The average molecular weight is 409 g/mol. The molecule has 0 aliphatic carbocycles. The van der Waals surface area contributed by atoms with Crippen molar-refractivity contribution in [3.05, 3.63) is 51.7 Å². The number of ether oxygens (including phenoxy) is 1. The van der Waals surface area contributed by atoms with Crippen LogP contribution < -0.4 is 10.6 Å². The molecule has 6 nitrogen and oxygen atoms in total. The second-order valence-corrected chi connectivity index (χ2v) is 7.58. The molecule has 144 valence electrons. The molecular weight excluding hydrogens is 388 g/mol. The van der Waals surface area contributed by atoms with Crippen molar-refractivity contribution in [2.45, 2.75) is 32.9 Å². The molecule has 0 spiro atoms. The van der Waals surface area contributed by atoms with Crippen LogP contribution in [-0.4, -0.2) is 29.9 Å². The van der Waals surface area contributed by atoms with E-state index in [2.05, 4.69) is 10.6 Å². The Bertz CT molecular complexity index is 808. The van der Waals surface area contributed by atoms with Crippen LogP contribution in [0, 0.1) is 5.92 Å². The van der Waals surface area contributed by atoms with Crippen LogP contribution in [0.25, 0.3) is 0 Å². The normalized spacial score (nSPS) is 12.9. The fourth-order valence-corrected chi connectivity index (χ4v) is 3.03. The number of carbonyl (C=O) groups excluding carboxylic acids is 3. The summed E-state index contributed by atoms with van der Waals surface area (Å²) in [6, 6.07) is 9.31. The molecule has 2 N–H and O–H groups in total. The summed E-state index contributed by atoms with van der Waals surface area (Å²) < 4.78 is 5.26. The number of esters is 1. The Morgan fingerprint density at radius 1 is 1.07 bits per heavy atom. The van der Waals surface area contributed by atoms with Gasteiger partial charge in [0.1, 0.15) is 6.04 Å². The first-order valence-electron chi connectivity index (χ1n) is 8.40. The van der Waals surface area contributed by atoms with E-state index >= 15 is 0 Å². The van der Waals surface area contributed by atoms with E-state index in [9.17, 15) is 14.4 Å². The summed E-state index contributed by atoms with van der Waals surface area (Å²) in [7, 11) is 0. The van der Waals surface area contributed by atoms with Crippen LogP contribution in [0.2, 0.25) is 5.02 Å². The number of carbonyl (C=O) groups is 3. The predicted octanol–water partition coefficient (Wildman–Crippen LogP) is 3.73. The minimum atomic E-state index is -1.05. The molecule has 0 unspecified atom stereocenters. The molecule has 0 aliphatic rings. The van der Waals surface area contributed by atoms with Crippen molar-refractivity contribution in [2.24, 2.45) is 5.92 Å². The van der Waals surface area contributed by atoms with E-state index in [1.54, 1.807) is 55.6 Å². The standard InChI is InChI=1S/C19H21ClN2O4S/c1-11(2)16(22-18(24)15-9-6-10-27-15)19(25)26-12(3)17(23)21-14-8-5-4-7-13(14)20/h4-12,16H,1-3H3,(H,21,23)(H,22,24)/t12-,16-/m0/s1. The maximum Gasteiger partial charge on any atom is 0.329 e. The largest absolute Gasteiger partial charge is 0.451 e. The van der Waals surface area contributed by atoms with Gasteiger partial charge < -0.3 is 15.4 Å². The van der Waals surface area contributed by atoms with Gasteiger partial charge in [0.15, 0.2) is 6.10 Å². The first kappa shape index (κ1) is 20.9. The molecule has 27 heavy (non-hydrogen) atoms. The van der Waals surface area contributed by atoms with Crippen LogP contribution in [-0.2, 0) is 14.3 Å². The lowest BCUT2D eigenvalue weighted by atomic mass is 10.0. The molecule has 1 aromatic heterocycles. The maximum atomic E-state index is 12.5. The van der Waals surface area contributed by atoms with Crippen LogP contribution in [0.15, 0.2) is 41.8 Å². The molecule has 2 amide bonds. The highest BCUT2D eigenvalue weighted by atomic mass is 35.5. The Hall–Kier alpha value is -2.38. The number of amides is 2. The number of rotatable bonds is 7. The zero-order valence-electron chi connectivity index (χ0n) is 15.2. The van der Waals surface area contributed by atoms with Crippen LogP contribution in [0.3, 0.4) is 0 Å². The zero-order chi connectivity index (χ0) is 20.0. The first-order chi connectivity index (χ1) is 12.8. The topological polar surface area (TPSA) is 84.5 Å². The van der Waals surface area contributed by atoms with Gasteiger partial charge in [-0.15, -0.1) is 11.3 Å². The summed E-state index contributed by atoms with van der Waals surface area (Å²) in [4.78, 5) is 37.5. The number of hydrogen-bond acceptors (Lipinski definition) is 5. The second kappa shape index (κ2) is 9.53. The number of anilines is 1. The Morgan fingerprint density at radius 3 is 2.37 bits per heavy atom. The average Bonchev–Trinajstić information content (AvgIpc) is 3.15. The lowest BCUT2D eigenvalue weighted by Gasteiger charge is -2.22. The SMILES string of the molecule is CC(C)[C@H](NC(=O)c1cccs1)C(=O)O[C@@H](C)C(=O)Nc1ccccc1Cl. The van der Waals surface area contributed by atoms with Gasteiger partial charge in [-0.3, -0.25) is 9.59 Å². The summed E-state index contributed by atoms with van der Waals surface area (Å²) >= 11 is 7.28. The number of benzene rings is 1. The van der Waals surface area contributed by atoms with E-state index in [4.69, 9.17) is 16.3 Å². The lowest BCUT2D eigenvalue weighted by molar-refractivity contribution is -0.156. The van der Waals surface area contributed by atoms with Crippen molar-refractivity contribution in [3.8, 4) is 0 Å². The van der Waals surface area contributed by atoms with Crippen molar-refractivity contribution in [1.29, 1.82) is 0 Å². The first-order valence-corrected chi connectivity index (χ1v) is 9.65. The molecule has 0 bridgehead atoms. The number of thiophene rings is 1. The molecule has 1 heterocycles. The van der Waals surface area contributed by atoms with Gasteiger partial charge in [0.2, 0.25) is 0 Å². The van der Waals surface area contributed by atoms with E-state index in [0.29, 0.717) is 15.6 Å². The van der Waals surface area contributed by atoms with Gasteiger partial charge >= 0.3 is 5.97 Å². The highest BCUT2D eigenvalue weighted by molar-refractivity contribution is 7.12. The number of hydrogen-bond donors (Lipinski definition) is 2. The molecule has 0 radical (unpaired) electrons. The zero-order valence-corrected chi connectivity index (χ0v) is 16.8. The molecule has 0 aliphatic heterocycles. The smallest absolute Gasteiger partial charge is 0.329 e. The number of nitrogens with one attached hydrogen (secondary N) is 2. The molecular formula is C19H21ClN2O4S. The molecule has 2 rings (SSSR count). The van der Waals surface area contributed by atoms with Crippen molar-refractivity contribution in [1.82, 2.24) is 5.32 Å². The fraction of sp³-hybridized carbons (Fsp3) is 0.316. The van der Waals surface area contributed by atoms with Crippen LogP contribution >= 0.6 is 22.9 Å². The molecule has 2 atom stereocenters. The third-order valence-electron chi connectivity index (χ3n) is 3.75. The van der Waals surface area contributed by atoms with Gasteiger partial charge in [-0.25, -0.2) is 4.79 Å². The van der Waals surface area contributed by atoms with Gasteiger partial charge in [0.25, 0.3) is 11.8 Å². The number of halogens is 1. The Balaban J connectivity index is 1.98. The number of para-hydroxylation sites is 1. The monoisotopic (exact) mass is 408 g/mol. The molecule has 1 aromatic carbocycles. The summed E-state index contributed by atoms with van der Waals surface area (Å²) in [5.41, 5.74) is 0.429. The fourth-order valence-electron chi connectivity index (χ4n) is 2.22. The van der Waals surface area contributed by atoms with E-state index in [0.717, 1.165) is 0 Å². The molecule has 0 fully saturated rings. The van der Waals surface area contributed by atoms with Gasteiger partial charge in [-0.2, -0.15) is 0 Å². The third-order valence-corrected chi connectivity index (χ3v) is 4.94. The lowest BCUT2D eigenvalue weighted by Crippen LogP contribution is -2.47. The van der Waals surface area contributed by atoms with E-state index in [1.165, 1.54) is 18.3 Å². The third kappa shape index (κ3) is 5.80. The highest BCUT2D eigenvalue weighted by Crippen LogP contribution is 2.21. The van der Waals surface area contributed by atoms with Crippen molar-refractivity contribution in [2.75, 3.05) is 5.32 Å². The maximum absolute atomic E-state index is 12.5. The van der Waals surface area contributed by atoms with Crippen molar-refractivity contribution >= 4 is 46.4 Å². The van der Waals surface area contributed by atoms with Gasteiger partial charge in [-0.05, 0) is 36.4 Å². The van der Waals surface area contributed by atoms with Gasteiger partial charge in [0, 0.05) is 0 Å². The van der Waals surface area contributed by atoms with Crippen LogP contribution in [0.1, 0.15) is 30.4 Å². The Morgan fingerprint density at radius 2 is 1.78 bits per heavy atom. The summed E-state index contributed by atoms with van der Waals surface area (Å²) in [5, 5.41) is 7.44. The highest BCUT2D eigenvalue weighted by Gasteiger charge is 2.29. The Labute approximate surface area is 166 Å². The van der Waals surface area contributed by atoms with Gasteiger partial charge in [-0.1, -0.05) is 43.6 Å². The predicted molar refractivity (Wildman–Crippen MR) is 106 cm³/mol. The van der Waals surface area contributed by atoms with Crippen molar-refractivity contribution in [3.63, 3.8) is 0 Å². The van der Waals surface area contributed by atoms with Crippen LogP contribution in [0.5, 0.6) is 0 Å². The second-order valence-electron chi connectivity index (χ2n) is 6.22.